The van der Waals surface area contributed by atoms with Gasteiger partial charge in [-0.2, -0.15) is 0 Å². The van der Waals surface area contributed by atoms with Gasteiger partial charge in [0, 0.05) is 22.6 Å². The second-order valence-electron chi connectivity index (χ2n) is 17.2. The molecule has 0 heterocycles. The van der Waals surface area contributed by atoms with Crippen molar-refractivity contribution in [3.05, 3.63) is 59.7 Å². The van der Waals surface area contributed by atoms with Gasteiger partial charge in [-0.1, -0.05) is 214 Å². The van der Waals surface area contributed by atoms with Crippen LogP contribution in [0.4, 0.5) is 0 Å². The van der Waals surface area contributed by atoms with E-state index in [0.717, 1.165) is 48.3 Å². The topological polar surface area (TPSA) is 111 Å². The Balaban J connectivity index is 1.64. The molecular formula is C52H84N2O6S2. The largest absolute Gasteiger partial charge is 0.461 e. The average molecular weight is 897 g/mol. The number of esters is 2. The van der Waals surface area contributed by atoms with Crippen LogP contribution >= 0.6 is 21.6 Å². The Morgan fingerprint density at radius 2 is 0.710 bits per heavy atom. The predicted molar refractivity (Wildman–Crippen MR) is 261 cm³/mol. The van der Waals surface area contributed by atoms with E-state index in [-0.39, 0.29) is 36.8 Å². The van der Waals surface area contributed by atoms with Crippen molar-refractivity contribution >= 4 is 45.3 Å². The molecule has 2 rings (SSSR count). The third-order valence-corrected chi connectivity index (χ3v) is 13.7. The number of amides is 2. The first-order valence-electron chi connectivity index (χ1n) is 24.7. The van der Waals surface area contributed by atoms with Gasteiger partial charge < -0.3 is 20.1 Å². The number of carbonyl (C=O) groups is 4. The van der Waals surface area contributed by atoms with Crippen LogP contribution < -0.4 is 10.6 Å². The average Bonchev–Trinajstić information content (AvgIpc) is 3.27. The van der Waals surface area contributed by atoms with Crippen LogP contribution in [0.3, 0.4) is 0 Å². The van der Waals surface area contributed by atoms with Crippen molar-refractivity contribution in [2.45, 2.75) is 229 Å². The van der Waals surface area contributed by atoms with E-state index in [1.165, 1.54) is 150 Å². The maximum absolute atomic E-state index is 13.3. The summed E-state index contributed by atoms with van der Waals surface area (Å²) in [6.45, 7) is 8.54. The number of ether oxygens (including phenoxy) is 2. The van der Waals surface area contributed by atoms with Crippen LogP contribution in [0.5, 0.6) is 0 Å². The zero-order valence-corrected chi connectivity index (χ0v) is 40.9. The number of carbonyl (C=O) groups excluding carboxylic acids is 4. The first-order valence-corrected chi connectivity index (χ1v) is 26.9. The van der Waals surface area contributed by atoms with Crippen LogP contribution in [0.25, 0.3) is 0 Å². The van der Waals surface area contributed by atoms with E-state index in [0.29, 0.717) is 24.0 Å². The van der Waals surface area contributed by atoms with E-state index in [9.17, 15) is 19.2 Å². The maximum atomic E-state index is 13.3. The molecule has 0 saturated heterocycles. The molecule has 0 bridgehead atoms. The lowest BCUT2D eigenvalue weighted by atomic mass is 10.0. The maximum Gasteiger partial charge on any atom is 0.306 e. The minimum Gasteiger partial charge on any atom is -0.461 e. The van der Waals surface area contributed by atoms with Crippen molar-refractivity contribution in [3.8, 4) is 0 Å². The van der Waals surface area contributed by atoms with Crippen LogP contribution in [0.1, 0.15) is 228 Å². The zero-order valence-electron chi connectivity index (χ0n) is 39.3. The van der Waals surface area contributed by atoms with Gasteiger partial charge in [-0.05, 0) is 51.0 Å². The van der Waals surface area contributed by atoms with Gasteiger partial charge in [0.15, 0.2) is 0 Å². The van der Waals surface area contributed by atoms with Gasteiger partial charge in [0.25, 0.3) is 11.8 Å². The van der Waals surface area contributed by atoms with E-state index < -0.39 is 12.2 Å². The number of unbranched alkanes of at least 4 members (excludes halogenated alkanes) is 24. The van der Waals surface area contributed by atoms with Crippen LogP contribution in [0.2, 0.25) is 0 Å². The molecule has 8 nitrogen and oxygen atoms in total. The molecule has 2 unspecified atom stereocenters. The fourth-order valence-electron chi connectivity index (χ4n) is 7.43. The van der Waals surface area contributed by atoms with E-state index in [4.69, 9.17) is 9.47 Å². The summed E-state index contributed by atoms with van der Waals surface area (Å²) in [4.78, 5) is 53.0. The molecule has 0 fully saturated rings. The number of rotatable bonds is 39. The second kappa shape index (κ2) is 37.4. The van der Waals surface area contributed by atoms with Gasteiger partial charge >= 0.3 is 11.9 Å². The Bertz CT molecular complexity index is 1380. The van der Waals surface area contributed by atoms with Gasteiger partial charge in [0.1, 0.15) is 12.2 Å². The first-order chi connectivity index (χ1) is 30.2. The SMILES string of the molecule is CCCCCCCCCCCCCCCC(=O)OC(C)CNC(=O)c1ccccc1SSc1ccccc1C(=O)NCC(C)OC(=O)CCCCCCCCCCCCCCC. The van der Waals surface area contributed by atoms with Crippen molar-refractivity contribution in [1.29, 1.82) is 0 Å². The second-order valence-corrected chi connectivity index (χ2v) is 19.4. The van der Waals surface area contributed by atoms with Gasteiger partial charge in [-0.25, -0.2) is 0 Å². The number of hydrogen-bond donors (Lipinski definition) is 2. The Kier molecular flexibility index (Phi) is 33.3. The van der Waals surface area contributed by atoms with Crippen LogP contribution in [-0.2, 0) is 19.1 Å². The van der Waals surface area contributed by atoms with Crippen molar-refractivity contribution in [3.63, 3.8) is 0 Å². The smallest absolute Gasteiger partial charge is 0.306 e. The van der Waals surface area contributed by atoms with Crippen molar-refractivity contribution in [2.75, 3.05) is 13.1 Å². The van der Waals surface area contributed by atoms with Gasteiger partial charge in [0.2, 0.25) is 0 Å². The standard InChI is InChI=1S/C52H84N2O6S2/c1-5-7-9-11-13-15-17-19-21-23-25-27-29-39-49(55)59-43(3)41-53-51(57)45-35-31-33-37-47(45)61-62-48-38-34-32-36-46(48)52(58)54-42-44(4)60-50(56)40-30-28-26-24-22-20-18-16-14-12-10-8-6-2/h31-38,43-44H,5-30,39-42H2,1-4H3,(H,53,57)(H,54,58). The summed E-state index contributed by atoms with van der Waals surface area (Å²) in [5.74, 6) is -0.949. The predicted octanol–water partition coefficient (Wildman–Crippen LogP) is 14.8. The molecule has 62 heavy (non-hydrogen) atoms. The molecule has 2 atom stereocenters. The fraction of sp³-hybridized carbons (Fsp3) is 0.692. The van der Waals surface area contributed by atoms with Gasteiger partial charge in [0.05, 0.1) is 24.2 Å². The Hall–Kier alpha value is -2.98. The van der Waals surface area contributed by atoms with Crippen molar-refractivity contribution < 1.29 is 28.7 Å². The quantitative estimate of drug-likeness (QED) is 0.0388. The van der Waals surface area contributed by atoms with Crippen LogP contribution in [0.15, 0.2) is 58.3 Å². The van der Waals surface area contributed by atoms with Crippen LogP contribution in [0, 0.1) is 0 Å². The molecule has 2 aromatic rings. The number of benzene rings is 2. The Labute approximate surface area is 385 Å². The van der Waals surface area contributed by atoms with E-state index >= 15 is 0 Å². The number of nitrogens with one attached hydrogen (secondary N) is 2. The third-order valence-electron chi connectivity index (χ3n) is 11.2. The lowest BCUT2D eigenvalue weighted by Crippen LogP contribution is -2.33. The summed E-state index contributed by atoms with van der Waals surface area (Å²) in [7, 11) is 2.80. The highest BCUT2D eigenvalue weighted by Gasteiger charge is 2.18. The highest BCUT2D eigenvalue weighted by molar-refractivity contribution is 8.76. The van der Waals surface area contributed by atoms with Crippen molar-refractivity contribution in [1.82, 2.24) is 10.6 Å². The summed E-state index contributed by atoms with van der Waals surface area (Å²) < 4.78 is 11.2. The highest BCUT2D eigenvalue weighted by Crippen LogP contribution is 2.40. The summed E-state index contributed by atoms with van der Waals surface area (Å²) in [5, 5.41) is 5.85. The lowest BCUT2D eigenvalue weighted by Gasteiger charge is -2.16. The molecule has 0 radical (unpaired) electrons. The molecule has 2 aromatic carbocycles. The van der Waals surface area contributed by atoms with Gasteiger partial charge in [-0.3, -0.25) is 19.2 Å². The Morgan fingerprint density at radius 1 is 0.435 bits per heavy atom. The molecule has 0 aliphatic carbocycles. The summed E-state index contributed by atoms with van der Waals surface area (Å²) in [6, 6.07) is 14.7. The molecule has 0 aromatic heterocycles. The van der Waals surface area contributed by atoms with Crippen LogP contribution in [-0.4, -0.2) is 49.1 Å². The molecule has 2 N–H and O–H groups in total. The summed E-state index contributed by atoms with van der Waals surface area (Å²) in [6.07, 6.45) is 32.6. The third kappa shape index (κ3) is 27.9. The molecule has 0 spiro atoms. The normalized spacial score (nSPS) is 12.1. The Morgan fingerprint density at radius 3 is 1.02 bits per heavy atom. The van der Waals surface area contributed by atoms with E-state index in [1.54, 1.807) is 26.0 Å². The zero-order chi connectivity index (χ0) is 44.9. The molecular weight excluding hydrogens is 813 g/mol. The first kappa shape index (κ1) is 55.2. The molecule has 10 heteroatoms. The molecule has 0 saturated carbocycles. The van der Waals surface area contributed by atoms with E-state index in [2.05, 4.69) is 24.5 Å². The molecule has 350 valence electrons. The highest BCUT2D eigenvalue weighted by atomic mass is 33.1. The monoisotopic (exact) mass is 897 g/mol. The van der Waals surface area contributed by atoms with Crippen molar-refractivity contribution in [2.24, 2.45) is 0 Å². The fourth-order valence-corrected chi connectivity index (χ4v) is 9.79. The van der Waals surface area contributed by atoms with E-state index in [1.807, 2.05) is 36.4 Å². The lowest BCUT2D eigenvalue weighted by molar-refractivity contribution is -0.149. The minimum absolute atomic E-state index is 0.214. The van der Waals surface area contributed by atoms with Gasteiger partial charge in [-0.15, -0.1) is 0 Å². The molecule has 0 aliphatic rings. The summed E-state index contributed by atoms with van der Waals surface area (Å²) >= 11 is 0. The minimum atomic E-state index is -0.441. The molecule has 0 aliphatic heterocycles. The molecule has 2 amide bonds. The summed E-state index contributed by atoms with van der Waals surface area (Å²) in [5.41, 5.74) is 1.01. The number of hydrogen-bond acceptors (Lipinski definition) is 8.